The van der Waals surface area contributed by atoms with E-state index in [2.05, 4.69) is 30.6 Å². The number of anilines is 1. The van der Waals surface area contributed by atoms with Gasteiger partial charge in [0.05, 0.1) is 17.6 Å². The van der Waals surface area contributed by atoms with Crippen LogP contribution in [0.1, 0.15) is 24.1 Å². The molecule has 1 N–H and O–H groups in total. The third-order valence-electron chi connectivity index (χ3n) is 5.76. The number of benzene rings is 1. The summed E-state index contributed by atoms with van der Waals surface area (Å²) in [5, 5.41) is 17.1. The maximum atomic E-state index is 14.0. The van der Waals surface area contributed by atoms with Crippen molar-refractivity contribution < 1.29 is 13.2 Å². The van der Waals surface area contributed by atoms with E-state index in [9.17, 15) is 13.2 Å². The van der Waals surface area contributed by atoms with E-state index in [0.717, 1.165) is 4.68 Å². The van der Waals surface area contributed by atoms with Crippen LogP contribution in [0.2, 0.25) is 5.02 Å². The Kier molecular flexibility index (Phi) is 4.18. The Morgan fingerprint density at radius 1 is 1.12 bits per heavy atom. The van der Waals surface area contributed by atoms with Crippen LogP contribution < -0.4 is 5.32 Å². The summed E-state index contributed by atoms with van der Waals surface area (Å²) < 4.78 is 45.9. The number of aromatic nitrogens is 8. The Hall–Kier alpha value is -3.67. The van der Waals surface area contributed by atoms with Crippen molar-refractivity contribution in [2.24, 2.45) is 7.05 Å². The van der Waals surface area contributed by atoms with E-state index in [4.69, 9.17) is 11.6 Å². The number of hydrogen-bond acceptors (Lipinski definition) is 6. The first kappa shape index (κ1) is 20.0. The zero-order valence-corrected chi connectivity index (χ0v) is 17.7. The molecule has 0 spiro atoms. The highest BCUT2D eigenvalue weighted by atomic mass is 35.5. The van der Waals surface area contributed by atoms with Crippen LogP contribution in [0.25, 0.3) is 28.2 Å². The predicted molar refractivity (Wildman–Crippen MR) is 114 cm³/mol. The molecule has 1 aliphatic heterocycles. The molecule has 0 saturated heterocycles. The summed E-state index contributed by atoms with van der Waals surface area (Å²) in [6.45, 7) is 0. The number of aryl methyl sites for hydroxylation is 1. The molecular weight excluding hydrogens is 459 g/mol. The van der Waals surface area contributed by atoms with Gasteiger partial charge in [-0.1, -0.05) is 23.7 Å². The monoisotopic (exact) mass is 473 g/mol. The van der Waals surface area contributed by atoms with Crippen molar-refractivity contribution in [3.63, 3.8) is 0 Å². The van der Waals surface area contributed by atoms with Gasteiger partial charge in [0, 0.05) is 24.6 Å². The second-order valence-electron chi connectivity index (χ2n) is 7.85. The van der Waals surface area contributed by atoms with Gasteiger partial charge in [0.15, 0.2) is 17.3 Å². The molecule has 33 heavy (non-hydrogen) atoms. The van der Waals surface area contributed by atoms with E-state index < -0.39 is 18.3 Å². The number of nitrogens with one attached hydrogen (secondary N) is 1. The minimum absolute atomic E-state index is 0.195. The van der Waals surface area contributed by atoms with E-state index in [1.165, 1.54) is 16.9 Å². The Labute approximate surface area is 188 Å². The third kappa shape index (κ3) is 3.20. The quantitative estimate of drug-likeness (QED) is 0.413. The van der Waals surface area contributed by atoms with Crippen LogP contribution in [0.5, 0.6) is 0 Å². The van der Waals surface area contributed by atoms with Gasteiger partial charge in [-0.2, -0.15) is 23.4 Å². The third-order valence-corrected chi connectivity index (χ3v) is 6.01. The molecule has 0 bridgehead atoms. The van der Waals surface area contributed by atoms with Gasteiger partial charge in [0.2, 0.25) is 5.82 Å². The van der Waals surface area contributed by atoms with Crippen LogP contribution in [0.4, 0.5) is 19.0 Å². The van der Waals surface area contributed by atoms with Crippen LogP contribution in [0.3, 0.4) is 0 Å². The average molecular weight is 474 g/mol. The number of halogens is 4. The molecule has 0 unspecified atom stereocenters. The molecule has 0 saturated carbocycles. The Morgan fingerprint density at radius 2 is 1.91 bits per heavy atom. The number of alkyl halides is 3. The maximum Gasteiger partial charge on any atom is 0.410 e. The van der Waals surface area contributed by atoms with E-state index in [1.54, 1.807) is 42.2 Å². The van der Waals surface area contributed by atoms with Gasteiger partial charge >= 0.3 is 6.18 Å². The molecule has 1 aliphatic rings. The molecule has 0 amide bonds. The SMILES string of the molecule is Cn1ncc2c1ncn1nc(-c3cc4n(n3)[C@H](C(F)(F)F)C[C@@H](c3ccc(Cl)cc3)N4)nc21. The first-order chi connectivity index (χ1) is 15.8. The van der Waals surface area contributed by atoms with Crippen molar-refractivity contribution in [3.8, 4) is 11.5 Å². The van der Waals surface area contributed by atoms with Gasteiger partial charge in [-0.25, -0.2) is 19.2 Å². The smallest absolute Gasteiger partial charge is 0.363 e. The van der Waals surface area contributed by atoms with E-state index in [1.807, 2.05) is 0 Å². The highest BCUT2D eigenvalue weighted by molar-refractivity contribution is 6.30. The summed E-state index contributed by atoms with van der Waals surface area (Å²) in [5.41, 5.74) is 2.05. The Balaban J connectivity index is 1.44. The number of rotatable bonds is 2. The molecule has 9 nitrogen and oxygen atoms in total. The molecule has 168 valence electrons. The van der Waals surface area contributed by atoms with Crippen molar-refractivity contribution in [2.75, 3.05) is 5.32 Å². The molecule has 5 heterocycles. The predicted octanol–water partition coefficient (Wildman–Crippen LogP) is 4.19. The van der Waals surface area contributed by atoms with Crippen molar-refractivity contribution in [1.82, 2.24) is 39.1 Å². The van der Waals surface area contributed by atoms with Crippen molar-refractivity contribution in [1.29, 1.82) is 0 Å². The lowest BCUT2D eigenvalue weighted by Gasteiger charge is -2.33. The molecule has 6 rings (SSSR count). The zero-order chi connectivity index (χ0) is 22.9. The normalized spacial score (nSPS) is 18.6. The second-order valence-corrected chi connectivity index (χ2v) is 8.29. The first-order valence-corrected chi connectivity index (χ1v) is 10.4. The lowest BCUT2D eigenvalue weighted by Crippen LogP contribution is -2.35. The van der Waals surface area contributed by atoms with Crippen LogP contribution in [0.15, 0.2) is 42.9 Å². The largest absolute Gasteiger partial charge is 0.410 e. The molecule has 0 aliphatic carbocycles. The molecule has 1 aromatic carbocycles. The van der Waals surface area contributed by atoms with Crippen LogP contribution >= 0.6 is 11.6 Å². The summed E-state index contributed by atoms with van der Waals surface area (Å²) in [6.07, 6.45) is -1.59. The highest BCUT2D eigenvalue weighted by Gasteiger charge is 2.46. The lowest BCUT2D eigenvalue weighted by molar-refractivity contribution is -0.173. The van der Waals surface area contributed by atoms with E-state index in [0.29, 0.717) is 27.3 Å². The fourth-order valence-corrected chi connectivity index (χ4v) is 4.27. The lowest BCUT2D eigenvalue weighted by atomic mass is 9.97. The van der Waals surface area contributed by atoms with Crippen molar-refractivity contribution in [3.05, 3.63) is 53.4 Å². The molecule has 5 aromatic rings. The first-order valence-electron chi connectivity index (χ1n) is 9.99. The van der Waals surface area contributed by atoms with Crippen molar-refractivity contribution >= 4 is 34.1 Å². The van der Waals surface area contributed by atoms with E-state index >= 15 is 0 Å². The van der Waals surface area contributed by atoms with Crippen LogP contribution in [-0.2, 0) is 7.05 Å². The van der Waals surface area contributed by atoms with Crippen LogP contribution in [-0.4, -0.2) is 45.3 Å². The highest BCUT2D eigenvalue weighted by Crippen LogP contribution is 2.44. The molecule has 2 atom stereocenters. The van der Waals surface area contributed by atoms with Crippen LogP contribution in [0, 0.1) is 0 Å². The minimum Gasteiger partial charge on any atom is -0.363 e. The number of hydrogen-bond donors (Lipinski definition) is 1. The summed E-state index contributed by atoms with van der Waals surface area (Å²) in [4.78, 5) is 8.80. The van der Waals surface area contributed by atoms with Crippen molar-refractivity contribution in [2.45, 2.75) is 24.7 Å². The van der Waals surface area contributed by atoms with Gasteiger partial charge in [0.25, 0.3) is 0 Å². The van der Waals surface area contributed by atoms with Gasteiger partial charge in [-0.05, 0) is 17.7 Å². The van der Waals surface area contributed by atoms with Gasteiger partial charge < -0.3 is 5.32 Å². The molecule has 0 fully saturated rings. The number of fused-ring (bicyclic) bond motifs is 4. The zero-order valence-electron chi connectivity index (χ0n) is 17.0. The topological polar surface area (TPSA) is 90.8 Å². The summed E-state index contributed by atoms with van der Waals surface area (Å²) in [7, 11) is 1.76. The summed E-state index contributed by atoms with van der Waals surface area (Å²) in [6, 6.07) is 5.93. The second kappa shape index (κ2) is 6.91. The fraction of sp³-hybridized carbons (Fsp3) is 0.250. The van der Waals surface area contributed by atoms with Gasteiger partial charge in [0.1, 0.15) is 17.8 Å². The number of nitrogens with zero attached hydrogens (tertiary/aromatic N) is 8. The summed E-state index contributed by atoms with van der Waals surface area (Å²) >= 11 is 5.94. The summed E-state index contributed by atoms with van der Waals surface area (Å²) in [5.74, 6) is 0.433. The standard InChI is InChI=1S/C20H15ClF3N9/c1-31-18-12(8-26-31)19-28-17(30-32(19)9-25-18)14-7-16-27-13(10-2-4-11(21)5-3-10)6-15(20(22,23)24)33(16)29-14/h2-5,7-9,13,15,27H,6H2,1H3/t13-,15-/m0/s1. The molecule has 4 aromatic heterocycles. The fourth-order valence-electron chi connectivity index (χ4n) is 4.14. The maximum absolute atomic E-state index is 14.0. The van der Waals surface area contributed by atoms with Gasteiger partial charge in [-0.15, -0.1) is 5.10 Å². The average Bonchev–Trinajstić information content (AvgIpc) is 3.48. The Bertz CT molecular complexity index is 1500. The molecule has 0 radical (unpaired) electrons. The molecular formula is C20H15ClF3N9. The molecule has 13 heteroatoms. The van der Waals surface area contributed by atoms with E-state index in [-0.39, 0.29) is 23.8 Å². The minimum atomic E-state index is -4.48. The Morgan fingerprint density at radius 3 is 2.67 bits per heavy atom. The van der Waals surface area contributed by atoms with Gasteiger partial charge in [-0.3, -0.25) is 4.68 Å².